The highest BCUT2D eigenvalue weighted by Gasteiger charge is 2.00. The van der Waals surface area contributed by atoms with Crippen molar-refractivity contribution < 1.29 is 24.0 Å². The molecule has 0 bridgehead atoms. The molecular weight excluding hydrogens is 312 g/mol. The maximum absolute atomic E-state index is 11.1. The Morgan fingerprint density at radius 2 is 1.58 bits per heavy atom. The molecule has 0 heterocycles. The van der Waals surface area contributed by atoms with Crippen molar-refractivity contribution in [3.05, 3.63) is 24.3 Å². The first-order valence-corrected chi connectivity index (χ1v) is 7.85. The van der Waals surface area contributed by atoms with Crippen LogP contribution in [-0.4, -0.2) is 24.5 Å². The Kier molecular flexibility index (Phi) is 15.1. The second kappa shape index (κ2) is 15.3. The van der Waals surface area contributed by atoms with Gasteiger partial charge in [0.1, 0.15) is 0 Å². The molecule has 1 rings (SSSR count). The number of anilines is 2. The first kappa shape index (κ1) is 23.7. The molecule has 0 saturated heterocycles. The summed E-state index contributed by atoms with van der Waals surface area (Å²) in [5, 5.41) is 2.70. The van der Waals surface area contributed by atoms with Crippen LogP contribution in [-0.2, 0) is 24.0 Å². The maximum Gasteiger partial charge on any atom is 0.329 e. The van der Waals surface area contributed by atoms with Gasteiger partial charge < -0.3 is 14.9 Å². The van der Waals surface area contributed by atoms with E-state index >= 15 is 0 Å². The van der Waals surface area contributed by atoms with E-state index in [9.17, 15) is 14.4 Å². The number of rotatable bonds is 5. The molecule has 7 nitrogen and oxygen atoms in total. The number of nitrogens with one attached hydrogen (secondary N) is 2. The minimum Gasteiger partial charge on any atom is -0.466 e. The van der Waals surface area contributed by atoms with Crippen LogP contribution in [0.3, 0.4) is 0 Å². The van der Waals surface area contributed by atoms with Crippen molar-refractivity contribution in [2.24, 2.45) is 0 Å². The van der Waals surface area contributed by atoms with Crippen molar-refractivity contribution in [3.8, 4) is 0 Å². The van der Waals surface area contributed by atoms with Gasteiger partial charge in [-0.3, -0.25) is 14.4 Å². The minimum absolute atomic E-state index is 0.0652. The second-order valence-electron chi connectivity index (χ2n) is 4.10. The summed E-state index contributed by atoms with van der Waals surface area (Å²) in [7, 11) is 0. The molecule has 0 spiro atoms. The molecule has 0 atom stereocenters. The summed E-state index contributed by atoms with van der Waals surface area (Å²) in [5.41, 5.74) is 3.73. The smallest absolute Gasteiger partial charge is 0.329 e. The summed E-state index contributed by atoms with van der Waals surface area (Å²) in [5.74, 6) is -0.704. The first-order chi connectivity index (χ1) is 11.4. The Morgan fingerprint density at radius 1 is 1.00 bits per heavy atom. The van der Waals surface area contributed by atoms with E-state index in [-0.39, 0.29) is 11.9 Å². The number of ether oxygens (including phenoxy) is 1. The molecule has 1 aromatic carbocycles. The Labute approximate surface area is 143 Å². The first-order valence-electron chi connectivity index (χ1n) is 7.85. The number of hydrogen-bond acceptors (Lipinski definition) is 6. The number of hydrogen-bond donors (Lipinski definition) is 2. The molecule has 0 saturated carbocycles. The molecule has 0 aliphatic rings. The quantitative estimate of drug-likeness (QED) is 0.629. The molecule has 24 heavy (non-hydrogen) atoms. The van der Waals surface area contributed by atoms with Gasteiger partial charge in [-0.05, 0) is 25.1 Å². The van der Waals surface area contributed by atoms with Crippen LogP contribution in [0.5, 0.6) is 0 Å². The predicted octanol–water partition coefficient (Wildman–Crippen LogP) is 3.52. The van der Waals surface area contributed by atoms with Gasteiger partial charge in [0.15, 0.2) is 0 Å². The second-order valence-corrected chi connectivity index (χ2v) is 4.10. The van der Waals surface area contributed by atoms with Crippen molar-refractivity contribution in [2.75, 3.05) is 17.4 Å². The van der Waals surface area contributed by atoms with Gasteiger partial charge in [0.05, 0.1) is 12.3 Å². The average Bonchev–Trinajstić information content (AvgIpc) is 2.55. The van der Waals surface area contributed by atoms with Gasteiger partial charge in [-0.15, -0.1) is 0 Å². The van der Waals surface area contributed by atoms with Gasteiger partial charge in [0.2, 0.25) is 5.91 Å². The van der Waals surface area contributed by atoms with Gasteiger partial charge in [0.25, 0.3) is 0 Å². The fraction of sp³-hybridized carbons (Fsp3) is 0.471. The summed E-state index contributed by atoms with van der Waals surface area (Å²) >= 11 is 0. The van der Waals surface area contributed by atoms with E-state index < -0.39 is 5.97 Å². The number of benzene rings is 1. The maximum atomic E-state index is 11.1. The van der Waals surface area contributed by atoms with Crippen molar-refractivity contribution in [1.29, 1.82) is 0 Å². The van der Waals surface area contributed by atoms with Crippen LogP contribution in [0.15, 0.2) is 24.3 Å². The van der Waals surface area contributed by atoms with Crippen LogP contribution in [0.2, 0.25) is 0 Å². The van der Waals surface area contributed by atoms with Crippen LogP contribution in [0.25, 0.3) is 0 Å². The van der Waals surface area contributed by atoms with E-state index in [0.717, 1.165) is 0 Å². The summed E-state index contributed by atoms with van der Waals surface area (Å²) < 4.78 is 4.40. The third-order valence-corrected chi connectivity index (χ3v) is 2.13. The van der Waals surface area contributed by atoms with E-state index in [4.69, 9.17) is 0 Å². The fourth-order valence-corrected chi connectivity index (χ4v) is 1.24. The molecule has 1 aromatic rings. The zero-order chi connectivity index (χ0) is 19.0. The number of esters is 1. The zero-order valence-electron chi connectivity index (χ0n) is 15.3. The average molecular weight is 340 g/mol. The van der Waals surface area contributed by atoms with Crippen molar-refractivity contribution in [1.82, 2.24) is 0 Å². The largest absolute Gasteiger partial charge is 0.466 e. The standard InChI is InChI=1S/C11H14N2O3.C4H8O2.C2H6/c1-3-11(15)12-9-5-4-6-10(7-9)13-16-8(2)14;1-3-6-4(2)5;1-2/h4-7,13H,3H2,1-2H3,(H,12,15);3H2,1-2H3;1-2H3. The van der Waals surface area contributed by atoms with Crippen LogP contribution in [0, 0.1) is 0 Å². The van der Waals surface area contributed by atoms with E-state index in [2.05, 4.69) is 20.4 Å². The van der Waals surface area contributed by atoms with Crippen LogP contribution in [0.1, 0.15) is 48.0 Å². The lowest BCUT2D eigenvalue weighted by molar-refractivity contribution is -0.140. The van der Waals surface area contributed by atoms with Crippen molar-refractivity contribution in [2.45, 2.75) is 48.0 Å². The van der Waals surface area contributed by atoms with Gasteiger partial charge >= 0.3 is 11.9 Å². The lowest BCUT2D eigenvalue weighted by atomic mass is 10.3. The van der Waals surface area contributed by atoms with Crippen LogP contribution in [0.4, 0.5) is 11.4 Å². The van der Waals surface area contributed by atoms with E-state index in [1.54, 1.807) is 38.1 Å². The third-order valence-electron chi connectivity index (χ3n) is 2.13. The molecule has 0 aliphatic carbocycles. The number of carbonyl (C=O) groups excluding carboxylic acids is 3. The number of carbonyl (C=O) groups is 3. The predicted molar refractivity (Wildman–Crippen MR) is 94.4 cm³/mol. The highest BCUT2D eigenvalue weighted by atomic mass is 16.7. The zero-order valence-corrected chi connectivity index (χ0v) is 15.3. The van der Waals surface area contributed by atoms with Crippen LogP contribution < -0.4 is 10.8 Å². The van der Waals surface area contributed by atoms with E-state index in [0.29, 0.717) is 24.4 Å². The topological polar surface area (TPSA) is 93.7 Å². The minimum atomic E-state index is -0.428. The van der Waals surface area contributed by atoms with Gasteiger partial charge in [-0.25, -0.2) is 5.48 Å². The summed E-state index contributed by atoms with van der Waals surface area (Å²) in [4.78, 5) is 36.1. The molecule has 0 radical (unpaired) electrons. The van der Waals surface area contributed by atoms with E-state index in [1.165, 1.54) is 13.8 Å². The monoisotopic (exact) mass is 340 g/mol. The van der Waals surface area contributed by atoms with Crippen molar-refractivity contribution >= 4 is 29.2 Å². The molecule has 2 N–H and O–H groups in total. The SMILES string of the molecule is CC.CCC(=O)Nc1cccc(NOC(C)=O)c1.CCOC(C)=O. The summed E-state index contributed by atoms with van der Waals surface area (Å²) in [6.07, 6.45) is 0.418. The van der Waals surface area contributed by atoms with Gasteiger partial charge in [-0.1, -0.05) is 26.8 Å². The molecule has 7 heteroatoms. The van der Waals surface area contributed by atoms with Crippen LogP contribution >= 0.6 is 0 Å². The Morgan fingerprint density at radius 3 is 2.00 bits per heavy atom. The molecular formula is C17H28N2O5. The molecule has 0 unspecified atom stereocenters. The summed E-state index contributed by atoms with van der Waals surface area (Å²) in [6.45, 7) is 10.7. The van der Waals surface area contributed by atoms with Gasteiger partial charge in [0, 0.05) is 26.0 Å². The molecule has 0 aliphatic heterocycles. The lowest BCUT2D eigenvalue weighted by Crippen LogP contribution is -2.10. The Balaban J connectivity index is 0. The highest BCUT2D eigenvalue weighted by Crippen LogP contribution is 2.15. The molecule has 1 amide bonds. The Bertz CT molecular complexity index is 504. The number of amides is 1. The molecule has 136 valence electrons. The molecule has 0 aromatic heterocycles. The lowest BCUT2D eigenvalue weighted by Gasteiger charge is -2.07. The third kappa shape index (κ3) is 14.4. The summed E-state index contributed by atoms with van der Waals surface area (Å²) in [6, 6.07) is 6.91. The fourth-order valence-electron chi connectivity index (χ4n) is 1.24. The van der Waals surface area contributed by atoms with Gasteiger partial charge in [-0.2, -0.15) is 0 Å². The van der Waals surface area contributed by atoms with E-state index in [1.807, 2.05) is 13.8 Å². The normalized spacial score (nSPS) is 8.42. The highest BCUT2D eigenvalue weighted by molar-refractivity contribution is 5.90. The molecule has 0 fully saturated rings. The van der Waals surface area contributed by atoms with Crippen molar-refractivity contribution in [3.63, 3.8) is 0 Å². The Hall–Kier alpha value is -2.57.